The molecule has 1 spiro atoms. The summed E-state index contributed by atoms with van der Waals surface area (Å²) in [5.41, 5.74) is 3.46. The fourth-order valence-corrected chi connectivity index (χ4v) is 4.87. The van der Waals surface area contributed by atoms with Crippen molar-refractivity contribution in [2.45, 2.75) is 30.5 Å². The average molecular weight is 395 g/mol. The van der Waals surface area contributed by atoms with E-state index in [4.69, 9.17) is 4.42 Å². The maximum Gasteiger partial charge on any atom is 0.277 e. The van der Waals surface area contributed by atoms with Gasteiger partial charge in [-0.2, -0.15) is 0 Å². The Morgan fingerprint density at radius 3 is 2.82 bits per heavy atom. The molecule has 0 radical (unpaired) electrons. The minimum Gasteiger partial charge on any atom is -0.416 e. The number of nitrogens with one attached hydrogen (secondary N) is 1. The topological polar surface area (TPSA) is 76.2 Å². The van der Waals surface area contributed by atoms with Gasteiger partial charge in [-0.3, -0.25) is 4.79 Å². The lowest BCUT2D eigenvalue weighted by molar-refractivity contribution is -0.129. The number of anilines is 1. The van der Waals surface area contributed by atoms with Crippen LogP contribution in [0.4, 0.5) is 5.69 Å². The van der Waals surface area contributed by atoms with Crippen molar-refractivity contribution in [2.24, 2.45) is 0 Å². The summed E-state index contributed by atoms with van der Waals surface area (Å²) in [7, 11) is 0. The van der Waals surface area contributed by atoms with Gasteiger partial charge in [-0.1, -0.05) is 23.9 Å². The number of rotatable bonds is 3. The summed E-state index contributed by atoms with van der Waals surface area (Å²) in [4.78, 5) is 14.6. The van der Waals surface area contributed by atoms with E-state index in [2.05, 4.69) is 62.7 Å². The van der Waals surface area contributed by atoms with E-state index in [1.54, 1.807) is 6.92 Å². The number of para-hydroxylation sites is 2. The molecular weight excluding hydrogens is 374 g/mol. The lowest BCUT2D eigenvalue weighted by Gasteiger charge is -2.46. The highest BCUT2D eigenvalue weighted by molar-refractivity contribution is 7.99. The number of aromatic nitrogens is 3. The highest BCUT2D eigenvalue weighted by Crippen LogP contribution is 2.43. The molecule has 1 aromatic carbocycles. The summed E-state index contributed by atoms with van der Waals surface area (Å²) in [6.07, 6.45) is 3.88. The monoisotopic (exact) mass is 395 g/mol. The van der Waals surface area contributed by atoms with Crippen molar-refractivity contribution in [3.8, 4) is 5.69 Å². The number of hydrogen-bond donors (Lipinski definition) is 1. The number of carbonyl (C=O) groups excluding carboxylic acids is 1. The van der Waals surface area contributed by atoms with Crippen LogP contribution in [0.25, 0.3) is 5.69 Å². The number of amides is 1. The van der Waals surface area contributed by atoms with Gasteiger partial charge in [0, 0.05) is 31.9 Å². The molecule has 1 saturated heterocycles. The van der Waals surface area contributed by atoms with Gasteiger partial charge in [-0.15, -0.1) is 10.2 Å². The van der Waals surface area contributed by atoms with E-state index in [0.29, 0.717) is 16.9 Å². The second-order valence-corrected chi connectivity index (χ2v) is 8.17. The van der Waals surface area contributed by atoms with Gasteiger partial charge in [0.15, 0.2) is 0 Å². The first-order chi connectivity index (χ1) is 13.6. The molecule has 144 valence electrons. The fourth-order valence-electron chi connectivity index (χ4n) is 4.16. The van der Waals surface area contributed by atoms with Gasteiger partial charge < -0.3 is 19.2 Å². The lowest BCUT2D eigenvalue weighted by Crippen LogP contribution is -2.51. The van der Waals surface area contributed by atoms with E-state index >= 15 is 0 Å². The second kappa shape index (κ2) is 6.70. The van der Waals surface area contributed by atoms with E-state index < -0.39 is 0 Å². The zero-order valence-electron chi connectivity index (χ0n) is 15.6. The van der Waals surface area contributed by atoms with Crippen LogP contribution in [-0.2, 0) is 10.3 Å². The standard InChI is InChI=1S/C20H21N5O2S/c1-14-22-23-19(27-14)28-13-18(26)24-11-8-20(9-12-24)17-7-4-10-25(17)16-6-3-2-5-15(16)21-20/h2-7,10,21H,8-9,11-13H2,1H3. The highest BCUT2D eigenvalue weighted by Gasteiger charge is 2.42. The highest BCUT2D eigenvalue weighted by atomic mass is 32.2. The van der Waals surface area contributed by atoms with Crippen LogP contribution in [0, 0.1) is 6.92 Å². The maximum absolute atomic E-state index is 12.6. The number of fused-ring (bicyclic) bond motifs is 4. The molecule has 1 N–H and O–H groups in total. The summed E-state index contributed by atoms with van der Waals surface area (Å²) in [5, 5.41) is 12.0. The number of benzene rings is 1. The summed E-state index contributed by atoms with van der Waals surface area (Å²) in [6.45, 7) is 3.19. The Kier molecular flexibility index (Phi) is 4.16. The Balaban J connectivity index is 1.29. The van der Waals surface area contributed by atoms with Crippen LogP contribution in [0.1, 0.15) is 24.4 Å². The quantitative estimate of drug-likeness (QED) is 0.687. The minimum absolute atomic E-state index is 0.113. The van der Waals surface area contributed by atoms with Crippen molar-refractivity contribution in [1.82, 2.24) is 19.7 Å². The molecule has 2 aliphatic heterocycles. The number of carbonyl (C=O) groups is 1. The van der Waals surface area contributed by atoms with Crippen LogP contribution >= 0.6 is 11.8 Å². The van der Waals surface area contributed by atoms with E-state index in [1.165, 1.54) is 23.1 Å². The van der Waals surface area contributed by atoms with Gasteiger partial charge in [-0.25, -0.2) is 0 Å². The molecule has 8 heteroatoms. The normalized spacial score (nSPS) is 17.1. The van der Waals surface area contributed by atoms with Gasteiger partial charge in [0.05, 0.1) is 22.7 Å². The summed E-state index contributed by atoms with van der Waals surface area (Å²) in [6, 6.07) is 12.7. The second-order valence-electron chi connectivity index (χ2n) is 7.24. The van der Waals surface area contributed by atoms with Crippen molar-refractivity contribution in [1.29, 1.82) is 0 Å². The Morgan fingerprint density at radius 2 is 2.04 bits per heavy atom. The molecular formula is C20H21N5O2S. The lowest BCUT2D eigenvalue weighted by atomic mass is 9.82. The smallest absolute Gasteiger partial charge is 0.277 e. The molecule has 1 amide bonds. The molecule has 2 aliphatic rings. The van der Waals surface area contributed by atoms with Crippen LogP contribution in [0.2, 0.25) is 0 Å². The Morgan fingerprint density at radius 1 is 1.21 bits per heavy atom. The third-order valence-electron chi connectivity index (χ3n) is 5.57. The largest absolute Gasteiger partial charge is 0.416 e. The first-order valence-corrected chi connectivity index (χ1v) is 10.4. The molecule has 0 saturated carbocycles. The molecule has 28 heavy (non-hydrogen) atoms. The van der Waals surface area contributed by atoms with Crippen LogP contribution in [0.5, 0.6) is 0 Å². The van der Waals surface area contributed by atoms with Crippen molar-refractivity contribution in [3.63, 3.8) is 0 Å². The number of hydrogen-bond acceptors (Lipinski definition) is 6. The van der Waals surface area contributed by atoms with Gasteiger partial charge >= 0.3 is 0 Å². The first kappa shape index (κ1) is 17.4. The van der Waals surface area contributed by atoms with Gasteiger partial charge in [0.25, 0.3) is 5.22 Å². The van der Waals surface area contributed by atoms with Crippen molar-refractivity contribution in [3.05, 3.63) is 54.2 Å². The molecule has 3 aromatic rings. The molecule has 0 unspecified atom stereocenters. The third-order valence-corrected chi connectivity index (χ3v) is 6.38. The molecule has 7 nitrogen and oxygen atoms in total. The van der Waals surface area contributed by atoms with Crippen LogP contribution < -0.4 is 5.32 Å². The molecule has 4 heterocycles. The molecule has 1 fully saturated rings. The van der Waals surface area contributed by atoms with E-state index in [0.717, 1.165) is 31.6 Å². The zero-order chi connectivity index (χ0) is 19.1. The number of nitrogens with zero attached hydrogens (tertiary/aromatic N) is 4. The van der Waals surface area contributed by atoms with Crippen LogP contribution in [-0.4, -0.2) is 44.4 Å². The third kappa shape index (κ3) is 2.88. The fraction of sp³-hybridized carbons (Fsp3) is 0.350. The predicted octanol–water partition coefficient (Wildman–Crippen LogP) is 3.20. The summed E-state index contributed by atoms with van der Waals surface area (Å²) >= 11 is 1.30. The van der Waals surface area contributed by atoms with Gasteiger partial charge in [0.1, 0.15) is 0 Å². The average Bonchev–Trinajstić information content (AvgIpc) is 3.37. The SMILES string of the molecule is Cc1nnc(SCC(=O)N2CCC3(CC2)Nc2ccccc2-n2cccc23)o1. The van der Waals surface area contributed by atoms with Crippen LogP contribution in [0.3, 0.4) is 0 Å². The number of piperidine rings is 1. The van der Waals surface area contributed by atoms with Crippen LogP contribution in [0.15, 0.2) is 52.2 Å². The molecule has 0 bridgehead atoms. The van der Waals surface area contributed by atoms with E-state index in [-0.39, 0.29) is 11.4 Å². The number of likely N-dealkylation sites (tertiary alicyclic amines) is 1. The molecule has 2 aromatic heterocycles. The zero-order valence-corrected chi connectivity index (χ0v) is 16.4. The maximum atomic E-state index is 12.6. The summed E-state index contributed by atoms with van der Waals surface area (Å²) in [5.74, 6) is 0.949. The number of aryl methyl sites for hydroxylation is 1. The number of thioether (sulfide) groups is 1. The molecule has 0 atom stereocenters. The van der Waals surface area contributed by atoms with E-state index in [1.807, 2.05) is 4.90 Å². The first-order valence-electron chi connectivity index (χ1n) is 9.41. The minimum atomic E-state index is -0.134. The molecule has 0 aliphatic carbocycles. The van der Waals surface area contributed by atoms with Crippen molar-refractivity contribution < 1.29 is 9.21 Å². The van der Waals surface area contributed by atoms with E-state index in [9.17, 15) is 4.79 Å². The van der Waals surface area contributed by atoms with Crippen molar-refractivity contribution >= 4 is 23.4 Å². The Labute approximate surface area is 167 Å². The van der Waals surface area contributed by atoms with Crippen molar-refractivity contribution in [2.75, 3.05) is 24.2 Å². The Hall–Kier alpha value is -2.74. The summed E-state index contributed by atoms with van der Waals surface area (Å²) < 4.78 is 7.61. The van der Waals surface area contributed by atoms with Gasteiger partial charge in [0.2, 0.25) is 11.8 Å². The van der Waals surface area contributed by atoms with Gasteiger partial charge in [-0.05, 0) is 37.1 Å². The molecule has 5 rings (SSSR count). The Bertz CT molecular complexity index is 1020. The predicted molar refractivity (Wildman–Crippen MR) is 107 cm³/mol.